The van der Waals surface area contributed by atoms with Crippen LogP contribution >= 0.6 is 0 Å². The largest absolute Gasteiger partial charge is 0.326 e. The summed E-state index contributed by atoms with van der Waals surface area (Å²) in [7, 11) is 0. The number of amides is 3. The number of carbonyl (C=O) groups excluding carboxylic acids is 3. The number of hydrogen-bond acceptors (Lipinski definition) is 3. The summed E-state index contributed by atoms with van der Waals surface area (Å²) in [6, 6.07) is 14.4. The minimum absolute atomic E-state index is 0.0965. The molecule has 0 spiro atoms. The predicted molar refractivity (Wildman–Crippen MR) is 108 cm³/mol. The molecule has 6 nitrogen and oxygen atoms in total. The smallest absolute Gasteiger partial charge is 0.244 e. The first kappa shape index (κ1) is 20.2. The molecule has 27 heavy (non-hydrogen) atoms. The third-order valence-corrected chi connectivity index (χ3v) is 4.04. The zero-order chi connectivity index (χ0) is 20.0. The van der Waals surface area contributed by atoms with Crippen molar-refractivity contribution in [2.45, 2.75) is 33.6 Å². The van der Waals surface area contributed by atoms with Gasteiger partial charge in [-0.1, -0.05) is 26.0 Å². The summed E-state index contributed by atoms with van der Waals surface area (Å²) in [5.74, 6) is -0.279. The molecule has 2 N–H and O–H groups in total. The molecule has 0 heterocycles. The van der Waals surface area contributed by atoms with Gasteiger partial charge in [0.15, 0.2) is 0 Å². The SMILES string of the molecule is CC(=O)Nc1ccc(N(CC(=O)Nc2ccc(C(C)C)cc2)C(C)=O)cc1. The fourth-order valence-corrected chi connectivity index (χ4v) is 2.61. The van der Waals surface area contributed by atoms with Gasteiger partial charge in [-0.25, -0.2) is 0 Å². The van der Waals surface area contributed by atoms with Gasteiger partial charge in [-0.3, -0.25) is 14.4 Å². The van der Waals surface area contributed by atoms with Crippen molar-refractivity contribution in [2.24, 2.45) is 0 Å². The van der Waals surface area contributed by atoms with Gasteiger partial charge in [0.25, 0.3) is 0 Å². The van der Waals surface area contributed by atoms with E-state index >= 15 is 0 Å². The molecular weight excluding hydrogens is 342 g/mol. The standard InChI is InChI=1S/C21H25N3O3/c1-14(2)17-5-7-19(8-6-17)23-21(27)13-24(16(4)26)20-11-9-18(10-12-20)22-15(3)25/h5-12,14H,13H2,1-4H3,(H,22,25)(H,23,27). The quantitative estimate of drug-likeness (QED) is 0.816. The summed E-state index contributed by atoms with van der Waals surface area (Å²) in [6.45, 7) is 6.95. The molecule has 0 radical (unpaired) electrons. The average molecular weight is 367 g/mol. The fourth-order valence-electron chi connectivity index (χ4n) is 2.61. The van der Waals surface area contributed by atoms with Crippen molar-refractivity contribution in [1.29, 1.82) is 0 Å². The number of benzene rings is 2. The molecule has 0 bridgehead atoms. The second-order valence-electron chi connectivity index (χ2n) is 6.66. The molecule has 2 aromatic carbocycles. The van der Waals surface area contributed by atoms with Gasteiger partial charge in [0.1, 0.15) is 6.54 Å². The number of hydrogen-bond donors (Lipinski definition) is 2. The lowest BCUT2D eigenvalue weighted by molar-refractivity contribution is -0.120. The number of carbonyl (C=O) groups is 3. The van der Waals surface area contributed by atoms with E-state index in [1.165, 1.54) is 24.3 Å². The molecule has 3 amide bonds. The summed E-state index contributed by atoms with van der Waals surface area (Å²) < 4.78 is 0. The number of rotatable bonds is 6. The number of anilines is 3. The summed E-state index contributed by atoms with van der Waals surface area (Å²) in [6.07, 6.45) is 0. The van der Waals surface area contributed by atoms with E-state index in [1.807, 2.05) is 24.3 Å². The maximum Gasteiger partial charge on any atom is 0.244 e. The van der Waals surface area contributed by atoms with Gasteiger partial charge in [-0.15, -0.1) is 0 Å². The topological polar surface area (TPSA) is 78.5 Å². The second kappa shape index (κ2) is 8.98. The molecule has 0 aliphatic heterocycles. The molecule has 0 aliphatic carbocycles. The zero-order valence-electron chi connectivity index (χ0n) is 16.1. The van der Waals surface area contributed by atoms with E-state index in [0.29, 0.717) is 23.0 Å². The van der Waals surface area contributed by atoms with E-state index in [4.69, 9.17) is 0 Å². The van der Waals surface area contributed by atoms with Crippen LogP contribution in [-0.2, 0) is 14.4 Å². The highest BCUT2D eigenvalue weighted by Gasteiger charge is 2.16. The van der Waals surface area contributed by atoms with E-state index in [1.54, 1.807) is 24.3 Å². The van der Waals surface area contributed by atoms with Crippen LogP contribution in [0, 0.1) is 0 Å². The zero-order valence-corrected chi connectivity index (χ0v) is 16.1. The highest BCUT2D eigenvalue weighted by atomic mass is 16.2. The van der Waals surface area contributed by atoms with Crippen LogP contribution in [-0.4, -0.2) is 24.3 Å². The fraction of sp³-hybridized carbons (Fsp3) is 0.286. The Balaban J connectivity index is 2.05. The van der Waals surface area contributed by atoms with E-state index < -0.39 is 0 Å². The van der Waals surface area contributed by atoms with Gasteiger partial charge in [-0.05, 0) is 47.9 Å². The lowest BCUT2D eigenvalue weighted by Crippen LogP contribution is -2.36. The molecule has 2 rings (SSSR count). The van der Waals surface area contributed by atoms with E-state index in [-0.39, 0.29) is 24.3 Å². The molecule has 0 saturated carbocycles. The molecule has 6 heteroatoms. The Morgan fingerprint density at radius 1 is 0.852 bits per heavy atom. The molecule has 0 atom stereocenters. The van der Waals surface area contributed by atoms with Crippen LogP contribution in [0.1, 0.15) is 39.2 Å². The average Bonchev–Trinajstić information content (AvgIpc) is 2.60. The summed E-state index contributed by atoms with van der Waals surface area (Å²) in [5.41, 5.74) is 3.10. The Morgan fingerprint density at radius 2 is 1.37 bits per heavy atom. The van der Waals surface area contributed by atoms with Gasteiger partial charge in [-0.2, -0.15) is 0 Å². The summed E-state index contributed by atoms with van der Waals surface area (Å²) in [4.78, 5) is 36.8. The molecule has 0 aliphatic rings. The third kappa shape index (κ3) is 5.95. The van der Waals surface area contributed by atoms with Crippen molar-refractivity contribution in [3.8, 4) is 0 Å². The number of nitrogens with zero attached hydrogens (tertiary/aromatic N) is 1. The maximum absolute atomic E-state index is 12.4. The normalized spacial score (nSPS) is 10.4. The molecule has 142 valence electrons. The van der Waals surface area contributed by atoms with Crippen LogP contribution in [0.3, 0.4) is 0 Å². The molecular formula is C21H25N3O3. The van der Waals surface area contributed by atoms with Gasteiger partial charge in [0, 0.05) is 30.9 Å². The molecule has 0 saturated heterocycles. The van der Waals surface area contributed by atoms with Crippen LogP contribution in [0.25, 0.3) is 0 Å². The molecule has 0 aromatic heterocycles. The first-order valence-corrected chi connectivity index (χ1v) is 8.82. The van der Waals surface area contributed by atoms with Crippen molar-refractivity contribution in [1.82, 2.24) is 0 Å². The van der Waals surface area contributed by atoms with Crippen LogP contribution in [0.15, 0.2) is 48.5 Å². The van der Waals surface area contributed by atoms with Crippen molar-refractivity contribution in [2.75, 3.05) is 22.1 Å². The lowest BCUT2D eigenvalue weighted by atomic mass is 10.0. The summed E-state index contributed by atoms with van der Waals surface area (Å²) in [5, 5.41) is 5.48. The van der Waals surface area contributed by atoms with Crippen LogP contribution < -0.4 is 15.5 Å². The highest BCUT2D eigenvalue weighted by Crippen LogP contribution is 2.19. The first-order chi connectivity index (χ1) is 12.8. The Morgan fingerprint density at radius 3 is 1.85 bits per heavy atom. The van der Waals surface area contributed by atoms with Crippen LogP contribution in [0.2, 0.25) is 0 Å². The van der Waals surface area contributed by atoms with Crippen molar-refractivity contribution in [3.05, 3.63) is 54.1 Å². The van der Waals surface area contributed by atoms with Crippen molar-refractivity contribution >= 4 is 34.8 Å². The van der Waals surface area contributed by atoms with E-state index in [9.17, 15) is 14.4 Å². The van der Waals surface area contributed by atoms with Crippen molar-refractivity contribution in [3.63, 3.8) is 0 Å². The van der Waals surface area contributed by atoms with Crippen LogP contribution in [0.4, 0.5) is 17.1 Å². The lowest BCUT2D eigenvalue weighted by Gasteiger charge is -2.21. The monoisotopic (exact) mass is 367 g/mol. The van der Waals surface area contributed by atoms with Gasteiger partial charge in [0.05, 0.1) is 0 Å². The van der Waals surface area contributed by atoms with Gasteiger partial charge >= 0.3 is 0 Å². The summed E-state index contributed by atoms with van der Waals surface area (Å²) >= 11 is 0. The highest BCUT2D eigenvalue weighted by molar-refractivity contribution is 6.02. The van der Waals surface area contributed by atoms with Crippen LogP contribution in [0.5, 0.6) is 0 Å². The van der Waals surface area contributed by atoms with Crippen molar-refractivity contribution < 1.29 is 14.4 Å². The predicted octanol–water partition coefficient (Wildman–Crippen LogP) is 3.76. The third-order valence-electron chi connectivity index (χ3n) is 4.04. The molecule has 0 unspecified atom stereocenters. The van der Waals surface area contributed by atoms with Gasteiger partial charge < -0.3 is 15.5 Å². The number of nitrogens with one attached hydrogen (secondary N) is 2. The van der Waals surface area contributed by atoms with E-state index in [2.05, 4.69) is 24.5 Å². The Bertz CT molecular complexity index is 812. The van der Waals surface area contributed by atoms with Gasteiger partial charge in [0.2, 0.25) is 17.7 Å². The molecule has 0 fully saturated rings. The Kier molecular flexibility index (Phi) is 6.71. The van der Waals surface area contributed by atoms with E-state index in [0.717, 1.165) is 0 Å². The second-order valence-corrected chi connectivity index (χ2v) is 6.66. The first-order valence-electron chi connectivity index (χ1n) is 8.82. The maximum atomic E-state index is 12.4. The Hall–Kier alpha value is -3.15. The molecule has 2 aromatic rings. The Labute approximate surface area is 159 Å². The minimum atomic E-state index is -0.284. The minimum Gasteiger partial charge on any atom is -0.326 e.